The molecule has 2 aromatic carbocycles. The quantitative estimate of drug-likeness (QED) is 0.482. The second-order valence-corrected chi connectivity index (χ2v) is 7.18. The minimum Gasteiger partial charge on any atom is -0.492 e. The highest BCUT2D eigenvalue weighted by molar-refractivity contribution is 6.35. The Morgan fingerprint density at radius 2 is 2.10 bits per heavy atom. The van der Waals surface area contributed by atoms with E-state index in [0.29, 0.717) is 52.5 Å². The molecule has 0 aromatic heterocycles. The zero-order valence-corrected chi connectivity index (χ0v) is 17.1. The molecule has 1 N–H and O–H groups in total. The third kappa shape index (κ3) is 5.43. The lowest BCUT2D eigenvalue weighted by Crippen LogP contribution is -2.38. The summed E-state index contributed by atoms with van der Waals surface area (Å²) in [4.78, 5) is 25.9. The number of halogens is 2. The first kappa shape index (κ1) is 21.0. The van der Waals surface area contributed by atoms with Gasteiger partial charge < -0.3 is 19.7 Å². The summed E-state index contributed by atoms with van der Waals surface area (Å²) in [6.45, 7) is 4.38. The number of nitrogens with zero attached hydrogens (tertiary/aromatic N) is 1. The van der Waals surface area contributed by atoms with Crippen molar-refractivity contribution in [1.82, 2.24) is 0 Å². The van der Waals surface area contributed by atoms with Crippen molar-refractivity contribution in [1.29, 1.82) is 0 Å². The van der Waals surface area contributed by atoms with Crippen LogP contribution in [-0.4, -0.2) is 31.6 Å². The van der Waals surface area contributed by atoms with Crippen LogP contribution in [-0.2, 0) is 9.59 Å². The highest BCUT2D eigenvalue weighted by atomic mass is 35.5. The van der Waals surface area contributed by atoms with Gasteiger partial charge in [-0.25, -0.2) is 0 Å². The largest absolute Gasteiger partial charge is 0.492 e. The fraction of sp³-hybridized carbons (Fsp3) is 0.238. The normalized spacial score (nSPS) is 12.8. The number of carbonyl (C=O) groups is 2. The van der Waals surface area contributed by atoms with E-state index in [1.807, 2.05) is 0 Å². The van der Waals surface area contributed by atoms with Crippen LogP contribution >= 0.6 is 23.2 Å². The van der Waals surface area contributed by atoms with Crippen LogP contribution in [0.5, 0.6) is 11.5 Å². The summed E-state index contributed by atoms with van der Waals surface area (Å²) in [5, 5.41) is 3.79. The Morgan fingerprint density at radius 1 is 1.28 bits per heavy atom. The van der Waals surface area contributed by atoms with Crippen molar-refractivity contribution in [2.75, 3.05) is 30.0 Å². The summed E-state index contributed by atoms with van der Waals surface area (Å²) in [7, 11) is 0. The lowest BCUT2D eigenvalue weighted by Gasteiger charge is -2.28. The lowest BCUT2D eigenvalue weighted by molar-refractivity contribution is -0.121. The van der Waals surface area contributed by atoms with Crippen molar-refractivity contribution < 1.29 is 19.1 Å². The lowest BCUT2D eigenvalue weighted by atomic mass is 10.2. The molecule has 3 rings (SSSR count). The molecule has 8 heteroatoms. The molecule has 29 heavy (non-hydrogen) atoms. The third-order valence-electron chi connectivity index (χ3n) is 4.20. The van der Waals surface area contributed by atoms with E-state index in [9.17, 15) is 9.59 Å². The molecule has 1 aliphatic heterocycles. The van der Waals surface area contributed by atoms with Gasteiger partial charge in [-0.05, 0) is 42.8 Å². The second kappa shape index (κ2) is 9.67. The Morgan fingerprint density at radius 3 is 2.86 bits per heavy atom. The molecular formula is C21H20Cl2N2O4. The Kier molecular flexibility index (Phi) is 7.01. The van der Waals surface area contributed by atoms with Crippen LogP contribution in [0.1, 0.15) is 12.8 Å². The summed E-state index contributed by atoms with van der Waals surface area (Å²) in [5.74, 6) is 0.809. The molecule has 0 saturated carbocycles. The topological polar surface area (TPSA) is 67.9 Å². The van der Waals surface area contributed by atoms with Crippen molar-refractivity contribution in [3.63, 3.8) is 0 Å². The van der Waals surface area contributed by atoms with Gasteiger partial charge in [0.15, 0.2) is 6.61 Å². The van der Waals surface area contributed by atoms with Crippen LogP contribution in [0, 0.1) is 0 Å². The molecular weight excluding hydrogens is 415 g/mol. The van der Waals surface area contributed by atoms with Crippen molar-refractivity contribution in [3.05, 3.63) is 59.1 Å². The van der Waals surface area contributed by atoms with E-state index in [1.165, 1.54) is 0 Å². The predicted octanol–water partition coefficient (Wildman–Crippen LogP) is 4.70. The van der Waals surface area contributed by atoms with Gasteiger partial charge in [-0.15, -0.1) is 6.58 Å². The maximum absolute atomic E-state index is 12.2. The summed E-state index contributed by atoms with van der Waals surface area (Å²) in [6.07, 6.45) is 2.43. The van der Waals surface area contributed by atoms with E-state index in [-0.39, 0.29) is 24.8 Å². The van der Waals surface area contributed by atoms with Crippen molar-refractivity contribution >= 4 is 46.4 Å². The van der Waals surface area contributed by atoms with Crippen molar-refractivity contribution in [2.24, 2.45) is 0 Å². The number of fused-ring (bicyclic) bond motifs is 1. The van der Waals surface area contributed by atoms with E-state index in [2.05, 4.69) is 11.9 Å². The summed E-state index contributed by atoms with van der Waals surface area (Å²) >= 11 is 11.9. The van der Waals surface area contributed by atoms with Gasteiger partial charge in [0, 0.05) is 23.7 Å². The Balaban J connectivity index is 1.53. The Labute approximate surface area is 179 Å². The number of benzene rings is 2. The van der Waals surface area contributed by atoms with E-state index in [4.69, 9.17) is 32.7 Å². The Hall–Kier alpha value is -2.70. The first-order valence-electron chi connectivity index (χ1n) is 9.03. The number of carbonyl (C=O) groups excluding carboxylic acids is 2. The van der Waals surface area contributed by atoms with E-state index >= 15 is 0 Å². The molecule has 6 nitrogen and oxygen atoms in total. The SMILES string of the molecule is C=CCN1C(=O)COc2ccc(NC(=O)CCCOc3ccc(Cl)cc3Cl)cc21. The molecule has 0 saturated heterocycles. The molecule has 0 bridgehead atoms. The Bertz CT molecular complexity index is 933. The molecule has 1 aliphatic rings. The summed E-state index contributed by atoms with van der Waals surface area (Å²) in [6, 6.07) is 10.2. The van der Waals surface area contributed by atoms with Crippen LogP contribution in [0.4, 0.5) is 11.4 Å². The predicted molar refractivity (Wildman–Crippen MR) is 114 cm³/mol. The van der Waals surface area contributed by atoms with Gasteiger partial charge in [-0.2, -0.15) is 0 Å². The number of amides is 2. The average Bonchev–Trinajstić information content (AvgIpc) is 2.69. The molecule has 0 atom stereocenters. The van der Waals surface area contributed by atoms with Crippen molar-refractivity contribution in [3.8, 4) is 11.5 Å². The van der Waals surface area contributed by atoms with E-state index in [0.717, 1.165) is 0 Å². The van der Waals surface area contributed by atoms with E-state index < -0.39 is 0 Å². The molecule has 2 amide bonds. The molecule has 0 unspecified atom stereocenters. The van der Waals surface area contributed by atoms with Gasteiger partial charge in [0.2, 0.25) is 5.91 Å². The van der Waals surface area contributed by atoms with Gasteiger partial charge in [0.1, 0.15) is 11.5 Å². The monoisotopic (exact) mass is 434 g/mol. The minimum atomic E-state index is -0.158. The van der Waals surface area contributed by atoms with Crippen LogP contribution in [0.25, 0.3) is 0 Å². The fourth-order valence-corrected chi connectivity index (χ4v) is 3.30. The van der Waals surface area contributed by atoms with Gasteiger partial charge >= 0.3 is 0 Å². The van der Waals surface area contributed by atoms with Crippen LogP contribution < -0.4 is 19.7 Å². The van der Waals surface area contributed by atoms with Gasteiger partial charge in [0.25, 0.3) is 5.91 Å². The summed E-state index contributed by atoms with van der Waals surface area (Å²) < 4.78 is 11.0. The maximum atomic E-state index is 12.2. The number of rotatable bonds is 8. The number of hydrogen-bond acceptors (Lipinski definition) is 4. The average molecular weight is 435 g/mol. The van der Waals surface area contributed by atoms with Gasteiger partial charge in [-0.3, -0.25) is 9.59 Å². The third-order valence-corrected chi connectivity index (χ3v) is 4.73. The number of anilines is 2. The first-order chi connectivity index (χ1) is 14.0. The van der Waals surface area contributed by atoms with Gasteiger partial charge in [0.05, 0.1) is 17.3 Å². The second-order valence-electron chi connectivity index (χ2n) is 6.34. The molecule has 0 spiro atoms. The van der Waals surface area contributed by atoms with Crippen LogP contribution in [0.15, 0.2) is 49.1 Å². The van der Waals surface area contributed by atoms with Crippen molar-refractivity contribution in [2.45, 2.75) is 12.8 Å². The first-order valence-corrected chi connectivity index (χ1v) is 9.79. The summed E-state index contributed by atoms with van der Waals surface area (Å²) in [5.41, 5.74) is 1.20. The highest BCUT2D eigenvalue weighted by Crippen LogP contribution is 2.34. The number of hydrogen-bond donors (Lipinski definition) is 1. The fourth-order valence-electron chi connectivity index (χ4n) is 2.84. The minimum absolute atomic E-state index is 0.00974. The zero-order valence-electron chi connectivity index (χ0n) is 15.6. The maximum Gasteiger partial charge on any atom is 0.265 e. The highest BCUT2D eigenvalue weighted by Gasteiger charge is 2.25. The zero-order chi connectivity index (χ0) is 20.8. The number of nitrogens with one attached hydrogen (secondary N) is 1. The van der Waals surface area contributed by atoms with Gasteiger partial charge in [-0.1, -0.05) is 29.3 Å². The smallest absolute Gasteiger partial charge is 0.265 e. The molecule has 0 radical (unpaired) electrons. The molecule has 152 valence electrons. The molecule has 1 heterocycles. The molecule has 2 aromatic rings. The molecule has 0 fully saturated rings. The molecule has 0 aliphatic carbocycles. The number of ether oxygens (including phenoxy) is 2. The standard InChI is InChI=1S/C21H20Cl2N2O4/c1-2-9-25-17-12-15(6-8-19(17)29-13-21(25)27)24-20(26)4-3-10-28-18-7-5-14(22)11-16(18)23/h2,5-8,11-12H,1,3-4,9-10,13H2,(H,24,26). The van der Waals surface area contributed by atoms with Crippen LogP contribution in [0.2, 0.25) is 10.0 Å². The van der Waals surface area contributed by atoms with E-state index in [1.54, 1.807) is 47.4 Å². The van der Waals surface area contributed by atoms with Crippen LogP contribution in [0.3, 0.4) is 0 Å².